The number of imide groups is 1. The highest BCUT2D eigenvalue weighted by molar-refractivity contribution is 5.94. The van der Waals surface area contributed by atoms with Crippen molar-refractivity contribution in [2.75, 3.05) is 0 Å². The van der Waals surface area contributed by atoms with Crippen molar-refractivity contribution in [2.45, 2.75) is 57.9 Å². The molecule has 6 nitrogen and oxygen atoms in total. The maximum atomic E-state index is 11.8. The third-order valence-corrected chi connectivity index (χ3v) is 4.84. The van der Waals surface area contributed by atoms with E-state index in [4.69, 9.17) is 5.11 Å². The highest BCUT2D eigenvalue weighted by atomic mass is 16.4. The summed E-state index contributed by atoms with van der Waals surface area (Å²) in [5.74, 6) is 0.712. The van der Waals surface area contributed by atoms with E-state index >= 15 is 0 Å². The molecule has 118 valence electrons. The van der Waals surface area contributed by atoms with Crippen molar-refractivity contribution >= 4 is 17.9 Å². The van der Waals surface area contributed by atoms with E-state index in [0.717, 1.165) is 11.8 Å². The molecule has 4 unspecified atom stereocenters. The molecule has 3 amide bonds. The lowest BCUT2D eigenvalue weighted by molar-refractivity contribution is -0.137. The van der Waals surface area contributed by atoms with Crippen LogP contribution >= 0.6 is 0 Å². The largest absolute Gasteiger partial charge is 0.481 e. The number of carbonyl (C=O) groups is 3. The lowest BCUT2D eigenvalue weighted by Gasteiger charge is -2.28. The number of hydrogen-bond acceptors (Lipinski definition) is 3. The van der Waals surface area contributed by atoms with Crippen LogP contribution in [0.4, 0.5) is 4.79 Å². The Kier molecular flexibility index (Phi) is 5.20. The van der Waals surface area contributed by atoms with Gasteiger partial charge < -0.3 is 10.4 Å². The second-order valence-electron chi connectivity index (χ2n) is 6.40. The highest BCUT2D eigenvalue weighted by Gasteiger charge is 2.42. The Morgan fingerprint density at radius 3 is 2.52 bits per heavy atom. The molecular weight excluding hydrogens is 272 g/mol. The van der Waals surface area contributed by atoms with Gasteiger partial charge in [0.15, 0.2) is 0 Å². The quantitative estimate of drug-likeness (QED) is 0.697. The first-order chi connectivity index (χ1) is 9.95. The van der Waals surface area contributed by atoms with Gasteiger partial charge in [-0.2, -0.15) is 0 Å². The van der Waals surface area contributed by atoms with Crippen LogP contribution in [0, 0.1) is 17.8 Å². The smallest absolute Gasteiger partial charge is 0.321 e. The minimum Gasteiger partial charge on any atom is -0.481 e. The molecule has 2 aliphatic carbocycles. The maximum Gasteiger partial charge on any atom is 0.321 e. The molecule has 0 heterocycles. The van der Waals surface area contributed by atoms with Crippen molar-refractivity contribution < 1.29 is 19.5 Å². The van der Waals surface area contributed by atoms with Gasteiger partial charge in [0.2, 0.25) is 5.91 Å². The molecule has 2 aliphatic rings. The van der Waals surface area contributed by atoms with Gasteiger partial charge in [-0.15, -0.1) is 0 Å². The second kappa shape index (κ2) is 6.91. The summed E-state index contributed by atoms with van der Waals surface area (Å²) in [6, 6.07) is -0.391. The van der Waals surface area contributed by atoms with Gasteiger partial charge in [-0.3, -0.25) is 14.9 Å². The number of carboxylic acid groups (broad SMARTS) is 1. The molecule has 0 aromatic heterocycles. The van der Waals surface area contributed by atoms with Gasteiger partial charge in [-0.25, -0.2) is 4.79 Å². The SMILES string of the molecule is CC(NC(=O)NC(=O)CCCC(=O)O)C1CC2CCC1C2. The Morgan fingerprint density at radius 1 is 1.19 bits per heavy atom. The fraction of sp³-hybridized carbons (Fsp3) is 0.800. The van der Waals surface area contributed by atoms with Crippen LogP contribution in [-0.4, -0.2) is 29.1 Å². The van der Waals surface area contributed by atoms with E-state index in [0.29, 0.717) is 5.92 Å². The van der Waals surface area contributed by atoms with Gasteiger partial charge in [0.1, 0.15) is 0 Å². The number of urea groups is 1. The van der Waals surface area contributed by atoms with Crippen LogP contribution in [0.15, 0.2) is 0 Å². The summed E-state index contributed by atoms with van der Waals surface area (Å²) in [5.41, 5.74) is 0. The van der Waals surface area contributed by atoms with Gasteiger partial charge >= 0.3 is 12.0 Å². The van der Waals surface area contributed by atoms with E-state index in [1.54, 1.807) is 0 Å². The zero-order valence-electron chi connectivity index (χ0n) is 12.4. The topological polar surface area (TPSA) is 95.5 Å². The molecular formula is C15H24N2O4. The Hall–Kier alpha value is -1.59. The summed E-state index contributed by atoms with van der Waals surface area (Å²) >= 11 is 0. The van der Waals surface area contributed by atoms with E-state index in [-0.39, 0.29) is 25.3 Å². The van der Waals surface area contributed by atoms with Crippen molar-refractivity contribution in [1.82, 2.24) is 10.6 Å². The molecule has 0 aromatic carbocycles. The van der Waals surface area contributed by atoms with E-state index in [1.807, 2.05) is 6.92 Å². The molecule has 6 heteroatoms. The molecule has 0 aromatic rings. The summed E-state index contributed by atoms with van der Waals surface area (Å²) in [4.78, 5) is 33.6. The predicted molar refractivity (Wildman–Crippen MR) is 76.6 cm³/mol. The van der Waals surface area contributed by atoms with Crippen molar-refractivity contribution in [2.24, 2.45) is 17.8 Å². The molecule has 2 saturated carbocycles. The first kappa shape index (κ1) is 15.8. The summed E-state index contributed by atoms with van der Waals surface area (Å²) in [5, 5.41) is 13.6. The number of nitrogens with one attached hydrogen (secondary N) is 2. The van der Waals surface area contributed by atoms with Gasteiger partial charge in [0, 0.05) is 18.9 Å². The number of carboxylic acids is 1. The number of hydrogen-bond donors (Lipinski definition) is 3. The van der Waals surface area contributed by atoms with Crippen molar-refractivity contribution in [3.8, 4) is 0 Å². The first-order valence-electron chi connectivity index (χ1n) is 7.78. The molecule has 3 N–H and O–H groups in total. The van der Waals surface area contributed by atoms with E-state index in [2.05, 4.69) is 10.6 Å². The van der Waals surface area contributed by atoms with E-state index in [1.165, 1.54) is 25.7 Å². The highest BCUT2D eigenvalue weighted by Crippen LogP contribution is 2.49. The Balaban J connectivity index is 1.66. The van der Waals surface area contributed by atoms with Crippen molar-refractivity contribution in [3.05, 3.63) is 0 Å². The number of amides is 3. The summed E-state index contributed by atoms with van der Waals surface area (Å²) in [7, 11) is 0. The summed E-state index contributed by atoms with van der Waals surface area (Å²) in [6.45, 7) is 2.00. The minimum atomic E-state index is -0.933. The lowest BCUT2D eigenvalue weighted by atomic mass is 9.84. The Morgan fingerprint density at radius 2 is 1.95 bits per heavy atom. The molecule has 4 atom stereocenters. The van der Waals surface area contributed by atoms with Crippen LogP contribution in [0.2, 0.25) is 0 Å². The standard InChI is InChI=1S/C15H24N2O4/c1-9(12-8-10-5-6-11(12)7-10)16-15(21)17-13(18)3-2-4-14(19)20/h9-12H,2-8H2,1H3,(H,19,20)(H2,16,17,18,21). The predicted octanol–water partition coefficient (Wildman–Crippen LogP) is 1.89. The summed E-state index contributed by atoms with van der Waals surface area (Å²) in [6.07, 6.45) is 5.29. The third kappa shape index (κ3) is 4.44. The number of rotatable bonds is 6. The minimum absolute atomic E-state index is 0.0578. The number of fused-ring (bicyclic) bond motifs is 2. The molecule has 2 fully saturated rings. The fourth-order valence-electron chi connectivity index (χ4n) is 3.85. The fourth-order valence-corrected chi connectivity index (χ4v) is 3.85. The zero-order valence-corrected chi connectivity index (χ0v) is 12.4. The van der Waals surface area contributed by atoms with Crippen LogP contribution in [-0.2, 0) is 9.59 Å². The van der Waals surface area contributed by atoms with Crippen LogP contribution < -0.4 is 10.6 Å². The Bertz CT molecular complexity index is 424. The monoisotopic (exact) mass is 296 g/mol. The molecule has 2 rings (SSSR count). The molecule has 0 aliphatic heterocycles. The average Bonchev–Trinajstić information content (AvgIpc) is 2.99. The second-order valence-corrected chi connectivity index (χ2v) is 6.40. The van der Waals surface area contributed by atoms with Crippen molar-refractivity contribution in [3.63, 3.8) is 0 Å². The van der Waals surface area contributed by atoms with Crippen LogP contribution in [0.3, 0.4) is 0 Å². The van der Waals surface area contributed by atoms with Gasteiger partial charge in [-0.05, 0) is 50.4 Å². The van der Waals surface area contributed by atoms with E-state index in [9.17, 15) is 14.4 Å². The molecule has 21 heavy (non-hydrogen) atoms. The zero-order chi connectivity index (χ0) is 15.4. The third-order valence-electron chi connectivity index (χ3n) is 4.84. The lowest BCUT2D eigenvalue weighted by Crippen LogP contribution is -2.47. The molecule has 0 spiro atoms. The van der Waals surface area contributed by atoms with Gasteiger partial charge in [0.05, 0.1) is 0 Å². The summed E-state index contributed by atoms with van der Waals surface area (Å²) < 4.78 is 0. The normalized spacial score (nSPS) is 28.1. The van der Waals surface area contributed by atoms with E-state index < -0.39 is 17.9 Å². The van der Waals surface area contributed by atoms with Crippen molar-refractivity contribution in [1.29, 1.82) is 0 Å². The number of aliphatic carboxylic acids is 1. The van der Waals surface area contributed by atoms with Crippen LogP contribution in [0.5, 0.6) is 0 Å². The number of carbonyl (C=O) groups excluding carboxylic acids is 2. The maximum absolute atomic E-state index is 11.8. The molecule has 0 saturated heterocycles. The van der Waals surface area contributed by atoms with Gasteiger partial charge in [-0.1, -0.05) is 6.42 Å². The van der Waals surface area contributed by atoms with Crippen LogP contribution in [0.1, 0.15) is 51.9 Å². The first-order valence-corrected chi connectivity index (χ1v) is 7.78. The van der Waals surface area contributed by atoms with Gasteiger partial charge in [0.25, 0.3) is 0 Å². The van der Waals surface area contributed by atoms with Crippen LogP contribution in [0.25, 0.3) is 0 Å². The molecule has 2 bridgehead atoms. The average molecular weight is 296 g/mol. The Labute approximate surface area is 124 Å². The molecule has 0 radical (unpaired) electrons.